The van der Waals surface area contributed by atoms with Gasteiger partial charge >= 0.3 is 0 Å². The second-order valence-electron chi connectivity index (χ2n) is 7.21. The zero-order valence-electron chi connectivity index (χ0n) is 11.9. The predicted molar refractivity (Wildman–Crippen MR) is 78.7 cm³/mol. The number of piperidine rings is 1. The van der Waals surface area contributed by atoms with Crippen molar-refractivity contribution in [2.75, 3.05) is 13.6 Å². The number of aliphatic hydroxyl groups excluding tert-OH is 1. The first-order chi connectivity index (χ1) is 9.72. The summed E-state index contributed by atoms with van der Waals surface area (Å²) in [6.07, 6.45) is 7.62. The molecule has 1 saturated heterocycles. The lowest BCUT2D eigenvalue weighted by Crippen LogP contribution is -2.62. The summed E-state index contributed by atoms with van der Waals surface area (Å²) < 4.78 is 0. The van der Waals surface area contributed by atoms with Crippen molar-refractivity contribution >= 4 is 0 Å². The van der Waals surface area contributed by atoms with E-state index in [0.717, 1.165) is 6.42 Å². The molecule has 5 unspecified atom stereocenters. The highest BCUT2D eigenvalue weighted by molar-refractivity contribution is 5.53. The van der Waals surface area contributed by atoms with Gasteiger partial charge in [-0.15, -0.1) is 0 Å². The molecule has 1 aromatic carbocycles. The van der Waals surface area contributed by atoms with Gasteiger partial charge in [-0.1, -0.05) is 30.4 Å². The number of aliphatic hydroxyl groups is 1. The van der Waals surface area contributed by atoms with Gasteiger partial charge in [0.2, 0.25) is 0 Å². The Balaban J connectivity index is 1.83. The first-order valence-electron chi connectivity index (χ1n) is 7.90. The van der Waals surface area contributed by atoms with Crippen LogP contribution >= 0.6 is 0 Å². The summed E-state index contributed by atoms with van der Waals surface area (Å²) in [5.74, 6) is 1.01. The molecule has 2 heteroatoms. The Morgan fingerprint density at radius 3 is 2.85 bits per heavy atom. The zero-order chi connectivity index (χ0) is 13.5. The van der Waals surface area contributed by atoms with E-state index >= 15 is 0 Å². The number of likely N-dealkylation sites (tertiary alicyclic amines) is 1. The molecule has 0 saturated carbocycles. The summed E-state index contributed by atoms with van der Waals surface area (Å²) in [7, 11) is 2.27. The third kappa shape index (κ3) is 1.11. The predicted octanol–water partition coefficient (Wildman–Crippen LogP) is 1.90. The van der Waals surface area contributed by atoms with E-state index in [-0.39, 0.29) is 11.5 Å². The number of hydrogen-bond donors (Lipinski definition) is 1. The van der Waals surface area contributed by atoms with Crippen molar-refractivity contribution in [2.45, 2.75) is 36.8 Å². The largest absolute Gasteiger partial charge is 0.389 e. The maximum absolute atomic E-state index is 10.6. The van der Waals surface area contributed by atoms with Crippen molar-refractivity contribution in [1.82, 2.24) is 4.90 Å². The molecule has 0 aromatic heterocycles. The van der Waals surface area contributed by atoms with Crippen LogP contribution in [0, 0.1) is 11.8 Å². The van der Waals surface area contributed by atoms with Crippen LogP contribution in [0.3, 0.4) is 0 Å². The molecule has 1 aromatic rings. The highest BCUT2D eigenvalue weighted by Crippen LogP contribution is 2.61. The lowest BCUT2D eigenvalue weighted by molar-refractivity contribution is -0.0156. The molecule has 2 nitrogen and oxygen atoms in total. The van der Waals surface area contributed by atoms with Gasteiger partial charge in [-0.05, 0) is 49.5 Å². The van der Waals surface area contributed by atoms with Crippen molar-refractivity contribution < 1.29 is 5.11 Å². The lowest BCUT2D eigenvalue weighted by atomic mass is 9.52. The Morgan fingerprint density at radius 2 is 2.00 bits per heavy atom. The maximum atomic E-state index is 10.6. The van der Waals surface area contributed by atoms with E-state index in [1.54, 1.807) is 11.1 Å². The topological polar surface area (TPSA) is 23.5 Å². The smallest absolute Gasteiger partial charge is 0.0761 e. The van der Waals surface area contributed by atoms with Crippen LogP contribution in [0.1, 0.15) is 23.1 Å². The first kappa shape index (κ1) is 11.5. The quantitative estimate of drug-likeness (QED) is 0.726. The summed E-state index contributed by atoms with van der Waals surface area (Å²) in [5.41, 5.74) is 4.93. The molecular weight excluding hydrogens is 246 g/mol. The Morgan fingerprint density at radius 1 is 1.20 bits per heavy atom. The fourth-order valence-electron chi connectivity index (χ4n) is 5.83. The summed E-state index contributed by atoms with van der Waals surface area (Å²) >= 11 is 0. The molecule has 0 amide bonds. The van der Waals surface area contributed by atoms with E-state index in [1.165, 1.54) is 24.9 Å². The van der Waals surface area contributed by atoms with Crippen molar-refractivity contribution in [2.24, 2.45) is 11.8 Å². The average molecular weight is 267 g/mol. The molecule has 20 heavy (non-hydrogen) atoms. The molecule has 1 fully saturated rings. The van der Waals surface area contributed by atoms with Crippen LogP contribution in [0.25, 0.3) is 0 Å². The summed E-state index contributed by atoms with van der Waals surface area (Å²) in [5, 5.41) is 10.6. The van der Waals surface area contributed by atoms with E-state index in [2.05, 4.69) is 42.3 Å². The molecule has 0 radical (unpaired) electrons. The Hall–Kier alpha value is -1.12. The minimum Gasteiger partial charge on any atom is -0.389 e. The summed E-state index contributed by atoms with van der Waals surface area (Å²) in [4.78, 5) is 2.54. The molecular formula is C18H21NO. The maximum Gasteiger partial charge on any atom is 0.0761 e. The summed E-state index contributed by atoms with van der Waals surface area (Å²) in [6, 6.07) is 7.47. The highest BCUT2D eigenvalue weighted by atomic mass is 16.3. The molecule has 104 valence electrons. The van der Waals surface area contributed by atoms with Gasteiger partial charge in [-0.25, -0.2) is 0 Å². The minimum absolute atomic E-state index is 0.232. The van der Waals surface area contributed by atoms with Gasteiger partial charge in [0.25, 0.3) is 0 Å². The minimum atomic E-state index is -0.256. The van der Waals surface area contributed by atoms with Gasteiger partial charge < -0.3 is 10.0 Å². The third-order valence-electron chi connectivity index (χ3n) is 6.61. The van der Waals surface area contributed by atoms with Crippen LogP contribution in [0.5, 0.6) is 0 Å². The highest BCUT2D eigenvalue weighted by Gasteiger charge is 2.61. The monoisotopic (exact) mass is 267 g/mol. The molecule has 1 spiro atoms. The standard InChI is InChI=1S/C18H21NO/c1-19-8-7-18-13-5-6-16(20)14(18)9-11-3-2-4-12(17(11)18)10-15(13)19/h2-6,13-16,20H,7-10H2,1H3. The van der Waals surface area contributed by atoms with Crippen LogP contribution in [0.4, 0.5) is 0 Å². The number of benzene rings is 1. The van der Waals surface area contributed by atoms with Crippen LogP contribution in [0.15, 0.2) is 30.4 Å². The number of hydrogen-bond acceptors (Lipinski definition) is 2. The zero-order valence-corrected chi connectivity index (χ0v) is 11.9. The molecule has 2 bridgehead atoms. The average Bonchev–Trinajstić information content (AvgIpc) is 2.79. The van der Waals surface area contributed by atoms with Crippen LogP contribution in [-0.2, 0) is 18.3 Å². The normalized spacial score (nSPS) is 44.5. The van der Waals surface area contributed by atoms with Crippen molar-refractivity contribution in [3.8, 4) is 0 Å². The van der Waals surface area contributed by atoms with Crippen molar-refractivity contribution in [3.63, 3.8) is 0 Å². The fourth-order valence-corrected chi connectivity index (χ4v) is 5.83. The van der Waals surface area contributed by atoms with Crippen molar-refractivity contribution in [1.29, 1.82) is 0 Å². The Labute approximate surface area is 120 Å². The molecule has 3 aliphatic carbocycles. The van der Waals surface area contributed by atoms with E-state index < -0.39 is 0 Å². The van der Waals surface area contributed by atoms with Gasteiger partial charge in [-0.3, -0.25) is 0 Å². The number of rotatable bonds is 0. The van der Waals surface area contributed by atoms with Gasteiger partial charge in [-0.2, -0.15) is 0 Å². The lowest BCUT2D eigenvalue weighted by Gasteiger charge is -2.58. The van der Waals surface area contributed by atoms with Crippen LogP contribution < -0.4 is 0 Å². The van der Waals surface area contributed by atoms with E-state index in [4.69, 9.17) is 0 Å². The molecule has 1 heterocycles. The first-order valence-corrected chi connectivity index (χ1v) is 7.90. The van der Waals surface area contributed by atoms with E-state index in [9.17, 15) is 5.11 Å². The fraction of sp³-hybridized carbons (Fsp3) is 0.556. The van der Waals surface area contributed by atoms with Crippen LogP contribution in [-0.4, -0.2) is 35.7 Å². The van der Waals surface area contributed by atoms with E-state index in [1.807, 2.05) is 0 Å². The van der Waals surface area contributed by atoms with Gasteiger partial charge in [0.05, 0.1) is 6.10 Å². The summed E-state index contributed by atoms with van der Waals surface area (Å²) in [6.45, 7) is 1.17. The SMILES string of the molecule is CN1CCC23c4c5cccc4CC2C(O)C=CC3C1C5. The Bertz CT molecular complexity index is 622. The Kier molecular flexibility index (Phi) is 2.05. The molecule has 4 aliphatic rings. The molecule has 5 rings (SSSR count). The van der Waals surface area contributed by atoms with Gasteiger partial charge in [0.1, 0.15) is 0 Å². The number of likely N-dealkylation sites (N-methyl/N-ethyl adjacent to an activating group) is 1. The van der Waals surface area contributed by atoms with Crippen LogP contribution in [0.2, 0.25) is 0 Å². The molecule has 1 aliphatic heterocycles. The second-order valence-corrected chi connectivity index (χ2v) is 7.21. The second kappa shape index (κ2) is 3.55. The molecule has 1 N–H and O–H groups in total. The van der Waals surface area contributed by atoms with Crippen molar-refractivity contribution in [3.05, 3.63) is 47.0 Å². The van der Waals surface area contributed by atoms with Gasteiger partial charge in [0.15, 0.2) is 0 Å². The molecule has 5 atom stereocenters. The third-order valence-corrected chi connectivity index (χ3v) is 6.61. The van der Waals surface area contributed by atoms with Gasteiger partial charge in [0, 0.05) is 23.3 Å². The number of nitrogens with zero attached hydrogens (tertiary/aromatic N) is 1. The van der Waals surface area contributed by atoms with E-state index in [0.29, 0.717) is 17.9 Å².